The molecule has 0 radical (unpaired) electrons. The van der Waals surface area contributed by atoms with Gasteiger partial charge >= 0.3 is 0 Å². The molecule has 0 bridgehead atoms. The van der Waals surface area contributed by atoms with Crippen LogP contribution >= 0.6 is 11.3 Å². The molecule has 5 heteroatoms. The lowest BCUT2D eigenvalue weighted by molar-refractivity contribution is -0.126. The zero-order valence-corrected chi connectivity index (χ0v) is 16.1. The molecule has 1 aromatic carbocycles. The molecule has 0 aliphatic carbocycles. The van der Waals surface area contributed by atoms with Crippen molar-refractivity contribution in [3.8, 4) is 5.75 Å². The Bertz CT molecular complexity index is 863. The van der Waals surface area contributed by atoms with Gasteiger partial charge in [-0.15, -0.1) is 11.3 Å². The molecular weight excluding hydrogens is 344 g/mol. The van der Waals surface area contributed by atoms with Gasteiger partial charge < -0.3 is 9.64 Å². The number of thiophene rings is 1. The predicted octanol–water partition coefficient (Wildman–Crippen LogP) is 4.01. The number of anilines is 1. The van der Waals surface area contributed by atoms with Gasteiger partial charge in [-0.25, -0.2) is 0 Å². The molecule has 4 nitrogen and oxygen atoms in total. The van der Waals surface area contributed by atoms with Gasteiger partial charge in [0, 0.05) is 35.1 Å². The van der Waals surface area contributed by atoms with Gasteiger partial charge in [0.25, 0.3) is 0 Å². The van der Waals surface area contributed by atoms with Crippen LogP contribution < -0.4 is 9.64 Å². The number of carbonyl (C=O) groups is 1. The maximum atomic E-state index is 13.6. The molecule has 5 rings (SSSR count). The maximum absolute atomic E-state index is 13.6. The molecule has 0 N–H and O–H groups in total. The van der Waals surface area contributed by atoms with E-state index in [9.17, 15) is 4.79 Å². The molecule has 2 aromatic rings. The monoisotopic (exact) mass is 368 g/mol. The Labute approximate surface area is 158 Å². The second kappa shape index (κ2) is 5.83. The summed E-state index contributed by atoms with van der Waals surface area (Å²) in [6, 6.07) is 10.5. The summed E-state index contributed by atoms with van der Waals surface area (Å²) in [6.07, 6.45) is 3.21. The highest BCUT2D eigenvalue weighted by atomic mass is 32.1. The standard InChI is InChI=1S/C21H24N2O2S/c1-14-7-10-26-19(14)18-11-15-13-22(16-5-3-6-17(12-16)25-2)20(24)21(15)8-4-9-23(18)21/h3,5-7,10,12,15,18H,4,8-9,11,13H2,1-2H3/t15-,18-,21-/m0/s1. The van der Waals surface area contributed by atoms with Crippen LogP contribution in [0.3, 0.4) is 0 Å². The largest absolute Gasteiger partial charge is 0.497 e. The van der Waals surface area contributed by atoms with E-state index in [1.54, 1.807) is 7.11 Å². The van der Waals surface area contributed by atoms with E-state index in [2.05, 4.69) is 23.3 Å². The molecule has 0 unspecified atom stereocenters. The molecule has 0 saturated carbocycles. The van der Waals surface area contributed by atoms with Crippen LogP contribution in [-0.4, -0.2) is 36.5 Å². The number of ether oxygens (including phenoxy) is 1. The Hall–Kier alpha value is -1.85. The van der Waals surface area contributed by atoms with Crippen molar-refractivity contribution in [2.24, 2.45) is 5.92 Å². The van der Waals surface area contributed by atoms with E-state index in [-0.39, 0.29) is 5.54 Å². The van der Waals surface area contributed by atoms with E-state index in [1.807, 2.05) is 40.5 Å². The van der Waals surface area contributed by atoms with Crippen LogP contribution in [0, 0.1) is 12.8 Å². The second-order valence-electron chi connectivity index (χ2n) is 7.75. The van der Waals surface area contributed by atoms with E-state index < -0.39 is 0 Å². The van der Waals surface area contributed by atoms with Gasteiger partial charge in [0.1, 0.15) is 11.3 Å². The van der Waals surface area contributed by atoms with Crippen molar-refractivity contribution in [1.29, 1.82) is 0 Å². The molecule has 3 aliphatic heterocycles. The average Bonchev–Trinajstić information content (AvgIpc) is 3.38. The summed E-state index contributed by atoms with van der Waals surface area (Å²) in [5.41, 5.74) is 2.05. The molecule has 1 amide bonds. The summed E-state index contributed by atoms with van der Waals surface area (Å²) in [6.45, 7) is 4.06. The third-order valence-corrected chi connectivity index (χ3v) is 7.74. The van der Waals surface area contributed by atoms with E-state index in [4.69, 9.17) is 4.74 Å². The lowest BCUT2D eigenvalue weighted by atomic mass is 9.85. The highest BCUT2D eigenvalue weighted by Gasteiger charge is 2.65. The third kappa shape index (κ3) is 2.07. The van der Waals surface area contributed by atoms with Crippen molar-refractivity contribution >= 4 is 22.9 Å². The fraction of sp³-hybridized carbons (Fsp3) is 0.476. The predicted molar refractivity (Wildman–Crippen MR) is 104 cm³/mol. The zero-order valence-electron chi connectivity index (χ0n) is 15.3. The topological polar surface area (TPSA) is 32.8 Å². The Morgan fingerprint density at radius 2 is 2.19 bits per heavy atom. The van der Waals surface area contributed by atoms with Crippen LogP contribution in [0.1, 0.15) is 35.7 Å². The fourth-order valence-electron chi connectivity index (χ4n) is 5.47. The maximum Gasteiger partial charge on any atom is 0.247 e. The number of aryl methyl sites for hydroxylation is 1. The van der Waals surface area contributed by atoms with Crippen molar-refractivity contribution in [2.45, 2.75) is 37.8 Å². The summed E-state index contributed by atoms with van der Waals surface area (Å²) in [7, 11) is 1.67. The molecule has 3 aliphatic rings. The van der Waals surface area contributed by atoms with Gasteiger partial charge in [0.2, 0.25) is 5.91 Å². The first-order valence-corrected chi connectivity index (χ1v) is 10.3. The highest BCUT2D eigenvalue weighted by Crippen LogP contribution is 2.57. The number of methoxy groups -OCH3 is 1. The third-order valence-electron chi connectivity index (χ3n) is 6.62. The summed E-state index contributed by atoms with van der Waals surface area (Å²) in [5.74, 6) is 1.51. The smallest absolute Gasteiger partial charge is 0.247 e. The van der Waals surface area contributed by atoms with E-state index in [0.29, 0.717) is 17.9 Å². The van der Waals surface area contributed by atoms with Crippen LogP contribution in [-0.2, 0) is 4.79 Å². The van der Waals surface area contributed by atoms with Crippen molar-refractivity contribution in [2.75, 3.05) is 25.1 Å². The quantitative estimate of drug-likeness (QED) is 0.821. The Balaban J connectivity index is 1.51. The summed E-state index contributed by atoms with van der Waals surface area (Å²) in [5, 5.41) is 2.19. The zero-order chi connectivity index (χ0) is 17.9. The highest BCUT2D eigenvalue weighted by molar-refractivity contribution is 7.10. The lowest BCUT2D eigenvalue weighted by Gasteiger charge is -2.33. The summed E-state index contributed by atoms with van der Waals surface area (Å²) < 4.78 is 5.36. The molecule has 26 heavy (non-hydrogen) atoms. The van der Waals surface area contributed by atoms with Crippen LogP contribution in [0.25, 0.3) is 0 Å². The Kier molecular flexibility index (Phi) is 3.66. The fourth-order valence-corrected chi connectivity index (χ4v) is 6.52. The van der Waals surface area contributed by atoms with E-state index >= 15 is 0 Å². The molecular formula is C21H24N2O2S. The minimum Gasteiger partial charge on any atom is -0.497 e. The molecule has 136 valence electrons. The molecule has 3 fully saturated rings. The van der Waals surface area contributed by atoms with Gasteiger partial charge in [-0.2, -0.15) is 0 Å². The number of nitrogens with zero attached hydrogens (tertiary/aromatic N) is 2. The van der Waals surface area contributed by atoms with Crippen molar-refractivity contribution in [3.63, 3.8) is 0 Å². The van der Waals surface area contributed by atoms with E-state index in [0.717, 1.165) is 43.8 Å². The number of rotatable bonds is 3. The molecule has 1 spiro atoms. The lowest BCUT2D eigenvalue weighted by Crippen LogP contribution is -2.49. The Morgan fingerprint density at radius 3 is 2.96 bits per heavy atom. The minimum absolute atomic E-state index is 0.288. The molecule has 4 heterocycles. The SMILES string of the molecule is COc1cccc(N2C[C@@H]3C[C@@H](c4sccc4C)N4CCC[C@@]34C2=O)c1. The van der Waals surface area contributed by atoms with Crippen LogP contribution in [0.4, 0.5) is 5.69 Å². The number of benzene rings is 1. The first kappa shape index (κ1) is 16.3. The van der Waals surface area contributed by atoms with E-state index in [1.165, 1.54) is 10.4 Å². The Morgan fingerprint density at radius 1 is 1.31 bits per heavy atom. The second-order valence-corrected chi connectivity index (χ2v) is 8.70. The molecule has 1 aromatic heterocycles. The molecule has 3 atom stereocenters. The van der Waals surface area contributed by atoms with Gasteiger partial charge in [-0.05, 0) is 61.9 Å². The first-order chi connectivity index (χ1) is 12.6. The number of hydrogen-bond donors (Lipinski definition) is 0. The first-order valence-electron chi connectivity index (χ1n) is 9.42. The van der Waals surface area contributed by atoms with Crippen LogP contribution in [0.5, 0.6) is 5.75 Å². The van der Waals surface area contributed by atoms with Crippen molar-refractivity contribution in [3.05, 3.63) is 46.2 Å². The summed E-state index contributed by atoms with van der Waals surface area (Å²) >= 11 is 1.85. The molecule has 3 saturated heterocycles. The number of hydrogen-bond acceptors (Lipinski definition) is 4. The van der Waals surface area contributed by atoms with Gasteiger partial charge in [-0.3, -0.25) is 9.69 Å². The van der Waals surface area contributed by atoms with Crippen LogP contribution in [0.2, 0.25) is 0 Å². The van der Waals surface area contributed by atoms with Crippen molar-refractivity contribution < 1.29 is 9.53 Å². The van der Waals surface area contributed by atoms with Crippen LogP contribution in [0.15, 0.2) is 35.7 Å². The number of carbonyl (C=O) groups excluding carboxylic acids is 1. The normalized spacial score (nSPS) is 30.7. The minimum atomic E-state index is -0.288. The summed E-state index contributed by atoms with van der Waals surface area (Å²) in [4.78, 5) is 19.6. The van der Waals surface area contributed by atoms with Gasteiger partial charge in [0.05, 0.1) is 7.11 Å². The van der Waals surface area contributed by atoms with Gasteiger partial charge in [0.15, 0.2) is 0 Å². The average molecular weight is 369 g/mol. The number of amides is 1. The van der Waals surface area contributed by atoms with Gasteiger partial charge in [-0.1, -0.05) is 6.07 Å². The van der Waals surface area contributed by atoms with Crippen molar-refractivity contribution in [1.82, 2.24) is 4.90 Å².